The number of halogens is 2. The number of aliphatic hydroxyl groups excluding tert-OH is 3. The van der Waals surface area contributed by atoms with Crippen LogP contribution in [0.3, 0.4) is 0 Å². The zero-order valence-corrected chi connectivity index (χ0v) is 9.91. The Hall–Kier alpha value is -0.720. The first-order valence-corrected chi connectivity index (χ1v) is 5.46. The summed E-state index contributed by atoms with van der Waals surface area (Å²) >= 11 is 5.73. The van der Waals surface area contributed by atoms with Gasteiger partial charge in [0.15, 0.2) is 0 Å². The second-order valence-electron chi connectivity index (χ2n) is 3.84. The van der Waals surface area contributed by atoms with E-state index in [2.05, 4.69) is 5.32 Å². The number of hydrogen-bond acceptors (Lipinski definition) is 4. The second kappa shape index (κ2) is 6.28. The van der Waals surface area contributed by atoms with Crippen molar-refractivity contribution in [2.45, 2.75) is 12.1 Å². The molecule has 0 spiro atoms. The van der Waals surface area contributed by atoms with E-state index in [-0.39, 0.29) is 6.54 Å². The highest BCUT2D eigenvalue weighted by Crippen LogP contribution is 2.15. The van der Waals surface area contributed by atoms with E-state index in [9.17, 15) is 4.39 Å². The fourth-order valence-electron chi connectivity index (χ4n) is 1.28. The van der Waals surface area contributed by atoms with Gasteiger partial charge in [0.05, 0.1) is 25.4 Å². The van der Waals surface area contributed by atoms with Gasteiger partial charge in [0.25, 0.3) is 0 Å². The third-order valence-corrected chi connectivity index (χ3v) is 2.80. The van der Waals surface area contributed by atoms with E-state index >= 15 is 0 Å². The molecule has 17 heavy (non-hydrogen) atoms. The fourth-order valence-corrected chi connectivity index (χ4v) is 1.47. The van der Waals surface area contributed by atoms with Gasteiger partial charge in [-0.3, -0.25) is 0 Å². The first kappa shape index (κ1) is 14.3. The lowest BCUT2D eigenvalue weighted by Gasteiger charge is -2.28. The summed E-state index contributed by atoms with van der Waals surface area (Å²) in [6, 6.07) is 4.11. The number of rotatable bonds is 6. The summed E-state index contributed by atoms with van der Waals surface area (Å²) in [6.45, 7) is -1.32. The molecule has 4 nitrogen and oxygen atoms in total. The zero-order valence-electron chi connectivity index (χ0n) is 9.16. The van der Waals surface area contributed by atoms with E-state index in [1.54, 1.807) is 0 Å². The quantitative estimate of drug-likeness (QED) is 0.595. The largest absolute Gasteiger partial charge is 0.394 e. The summed E-state index contributed by atoms with van der Waals surface area (Å²) in [5.41, 5.74) is -0.924. The zero-order chi connectivity index (χ0) is 12.9. The molecular weight excluding hydrogens is 249 g/mol. The molecule has 0 fully saturated rings. The summed E-state index contributed by atoms with van der Waals surface area (Å²) in [6.07, 6.45) is 0. The smallest absolute Gasteiger partial charge is 0.127 e. The molecule has 0 heterocycles. The molecule has 0 aliphatic carbocycles. The van der Waals surface area contributed by atoms with Gasteiger partial charge in [-0.15, -0.1) is 0 Å². The minimum atomic E-state index is -1.23. The molecule has 0 radical (unpaired) electrons. The Labute approximate surface area is 104 Å². The van der Waals surface area contributed by atoms with E-state index in [4.69, 9.17) is 26.9 Å². The van der Waals surface area contributed by atoms with Crippen LogP contribution in [0.1, 0.15) is 5.56 Å². The second-order valence-corrected chi connectivity index (χ2v) is 4.28. The normalized spacial score (nSPS) is 11.8. The average molecular weight is 264 g/mol. The molecule has 1 rings (SSSR count). The Bertz CT molecular complexity index is 363. The predicted octanol–water partition coefficient (Wildman–Crippen LogP) is 0.284. The lowest BCUT2D eigenvalue weighted by Crippen LogP contribution is -2.54. The van der Waals surface area contributed by atoms with Crippen LogP contribution >= 0.6 is 11.6 Å². The number of aliphatic hydroxyl groups is 3. The first-order chi connectivity index (χ1) is 8.06. The standard InChI is InChI=1S/C11H15ClFNO3/c12-9-1-2-10(13)8(3-9)4-14-11(5-15,6-16)7-17/h1-3,14-17H,4-7H2. The van der Waals surface area contributed by atoms with Gasteiger partial charge in [0.1, 0.15) is 5.82 Å². The van der Waals surface area contributed by atoms with Gasteiger partial charge in [-0.25, -0.2) is 4.39 Å². The van der Waals surface area contributed by atoms with Crippen LogP contribution in [-0.2, 0) is 6.54 Å². The highest BCUT2D eigenvalue weighted by atomic mass is 35.5. The highest BCUT2D eigenvalue weighted by Gasteiger charge is 2.27. The van der Waals surface area contributed by atoms with Gasteiger partial charge in [-0.2, -0.15) is 0 Å². The average Bonchev–Trinajstić information content (AvgIpc) is 2.35. The van der Waals surface area contributed by atoms with E-state index < -0.39 is 31.2 Å². The Balaban J connectivity index is 2.75. The molecule has 0 aromatic heterocycles. The molecule has 6 heteroatoms. The van der Waals surface area contributed by atoms with Crippen molar-refractivity contribution in [3.63, 3.8) is 0 Å². The van der Waals surface area contributed by atoms with Crippen molar-refractivity contribution in [1.82, 2.24) is 5.32 Å². The van der Waals surface area contributed by atoms with E-state index in [0.717, 1.165) is 0 Å². The summed E-state index contributed by atoms with van der Waals surface area (Å²) in [5.74, 6) is -0.440. The van der Waals surface area contributed by atoms with Crippen LogP contribution in [0.2, 0.25) is 5.02 Å². The van der Waals surface area contributed by atoms with Crippen LogP contribution in [0.25, 0.3) is 0 Å². The van der Waals surface area contributed by atoms with Crippen molar-refractivity contribution >= 4 is 11.6 Å². The third-order valence-electron chi connectivity index (χ3n) is 2.57. The van der Waals surface area contributed by atoms with Crippen molar-refractivity contribution < 1.29 is 19.7 Å². The maximum absolute atomic E-state index is 13.4. The van der Waals surface area contributed by atoms with Crippen molar-refractivity contribution in [1.29, 1.82) is 0 Å². The van der Waals surface area contributed by atoms with Gasteiger partial charge in [-0.05, 0) is 18.2 Å². The highest BCUT2D eigenvalue weighted by molar-refractivity contribution is 6.30. The molecule has 96 valence electrons. The minimum Gasteiger partial charge on any atom is -0.394 e. The SMILES string of the molecule is OCC(CO)(CO)NCc1cc(Cl)ccc1F. The number of benzene rings is 1. The summed E-state index contributed by atoms with van der Waals surface area (Å²) < 4.78 is 13.4. The molecule has 0 atom stereocenters. The topological polar surface area (TPSA) is 72.7 Å². The molecular formula is C11H15ClFNO3. The van der Waals surface area contributed by atoms with Crippen LogP contribution < -0.4 is 5.32 Å². The van der Waals surface area contributed by atoms with Gasteiger partial charge >= 0.3 is 0 Å². The van der Waals surface area contributed by atoms with Crippen LogP contribution in [0, 0.1) is 5.82 Å². The van der Waals surface area contributed by atoms with Gasteiger partial charge in [0, 0.05) is 17.1 Å². The minimum absolute atomic E-state index is 0.0497. The molecule has 1 aromatic rings. The van der Waals surface area contributed by atoms with Crippen LogP contribution in [0.15, 0.2) is 18.2 Å². The van der Waals surface area contributed by atoms with Gasteiger partial charge < -0.3 is 20.6 Å². The van der Waals surface area contributed by atoms with Crippen molar-refractivity contribution in [3.05, 3.63) is 34.6 Å². The fraction of sp³-hybridized carbons (Fsp3) is 0.455. The molecule has 0 aliphatic heterocycles. The monoisotopic (exact) mass is 263 g/mol. The lowest BCUT2D eigenvalue weighted by molar-refractivity contribution is 0.0412. The maximum Gasteiger partial charge on any atom is 0.127 e. The lowest BCUT2D eigenvalue weighted by atomic mass is 10.0. The molecule has 0 amide bonds. The molecule has 4 N–H and O–H groups in total. The molecule has 0 saturated carbocycles. The van der Waals surface area contributed by atoms with E-state index in [1.165, 1.54) is 18.2 Å². The number of hydrogen-bond donors (Lipinski definition) is 4. The predicted molar refractivity (Wildman–Crippen MR) is 62.2 cm³/mol. The van der Waals surface area contributed by atoms with E-state index in [0.29, 0.717) is 10.6 Å². The van der Waals surface area contributed by atoms with Crippen molar-refractivity contribution in [3.8, 4) is 0 Å². The molecule has 0 saturated heterocycles. The molecule has 0 unspecified atom stereocenters. The third kappa shape index (κ3) is 3.62. The Morgan fingerprint density at radius 1 is 1.18 bits per heavy atom. The summed E-state index contributed by atoms with van der Waals surface area (Å²) in [5, 5.41) is 30.3. The van der Waals surface area contributed by atoms with Crippen LogP contribution in [0.4, 0.5) is 4.39 Å². The number of nitrogens with one attached hydrogen (secondary N) is 1. The molecule has 0 bridgehead atoms. The van der Waals surface area contributed by atoms with Gasteiger partial charge in [0.2, 0.25) is 0 Å². The first-order valence-electron chi connectivity index (χ1n) is 5.08. The van der Waals surface area contributed by atoms with Crippen molar-refractivity contribution in [2.75, 3.05) is 19.8 Å². The Morgan fingerprint density at radius 3 is 2.29 bits per heavy atom. The Morgan fingerprint density at radius 2 is 1.76 bits per heavy atom. The van der Waals surface area contributed by atoms with Crippen LogP contribution in [-0.4, -0.2) is 40.7 Å². The summed E-state index contributed by atoms with van der Waals surface area (Å²) in [4.78, 5) is 0. The van der Waals surface area contributed by atoms with E-state index in [1.807, 2.05) is 0 Å². The summed E-state index contributed by atoms with van der Waals surface area (Å²) in [7, 11) is 0. The van der Waals surface area contributed by atoms with Crippen molar-refractivity contribution in [2.24, 2.45) is 0 Å². The van der Waals surface area contributed by atoms with Crippen LogP contribution in [0.5, 0.6) is 0 Å². The molecule has 0 aliphatic rings. The van der Waals surface area contributed by atoms with Gasteiger partial charge in [-0.1, -0.05) is 11.6 Å². The maximum atomic E-state index is 13.4. The molecule has 1 aromatic carbocycles. The Kier molecular flexibility index (Phi) is 5.30.